The largest absolute Gasteiger partial charge is 0.344 e. The summed E-state index contributed by atoms with van der Waals surface area (Å²) >= 11 is 1.64. The van der Waals surface area contributed by atoms with Crippen LogP contribution in [0.15, 0.2) is 16.8 Å². The number of hydrogen-bond donors (Lipinski definition) is 1. The number of hydrogen-bond acceptors (Lipinski definition) is 3. The van der Waals surface area contributed by atoms with Gasteiger partial charge >= 0.3 is 0 Å². The molecule has 1 saturated heterocycles. The average Bonchev–Trinajstić information content (AvgIpc) is 3.11. The van der Waals surface area contributed by atoms with Crippen molar-refractivity contribution in [1.29, 1.82) is 0 Å². The number of carbonyl (C=O) groups excluding carboxylic acids is 2. The van der Waals surface area contributed by atoms with Gasteiger partial charge in [-0.2, -0.15) is 11.3 Å². The summed E-state index contributed by atoms with van der Waals surface area (Å²) in [5.41, 5.74) is 1.15. The molecule has 1 aliphatic heterocycles. The second-order valence-electron chi connectivity index (χ2n) is 5.40. The van der Waals surface area contributed by atoms with Crippen LogP contribution in [0.5, 0.6) is 0 Å². The lowest BCUT2D eigenvalue weighted by Crippen LogP contribution is -2.46. The number of rotatable bonds is 3. The van der Waals surface area contributed by atoms with Crippen molar-refractivity contribution in [3.63, 3.8) is 0 Å². The molecular formula is C14H18N2O2S. The van der Waals surface area contributed by atoms with Crippen molar-refractivity contribution in [2.24, 2.45) is 5.92 Å². The third kappa shape index (κ3) is 2.52. The summed E-state index contributed by atoms with van der Waals surface area (Å²) < 4.78 is 0. The molecule has 1 N–H and O–H groups in total. The van der Waals surface area contributed by atoms with Crippen LogP contribution in [0.4, 0.5) is 0 Å². The zero-order valence-electron chi connectivity index (χ0n) is 11.0. The first-order chi connectivity index (χ1) is 9.16. The van der Waals surface area contributed by atoms with E-state index in [1.54, 1.807) is 11.3 Å². The Labute approximate surface area is 116 Å². The van der Waals surface area contributed by atoms with Crippen molar-refractivity contribution in [2.45, 2.75) is 38.3 Å². The highest BCUT2D eigenvalue weighted by atomic mass is 32.1. The van der Waals surface area contributed by atoms with Gasteiger partial charge in [-0.3, -0.25) is 9.59 Å². The number of thiophene rings is 1. The van der Waals surface area contributed by atoms with Crippen molar-refractivity contribution in [3.05, 3.63) is 22.4 Å². The van der Waals surface area contributed by atoms with Crippen LogP contribution in [0.3, 0.4) is 0 Å². The predicted molar refractivity (Wildman–Crippen MR) is 73.7 cm³/mol. The first kappa shape index (κ1) is 12.7. The Bertz CT molecular complexity index is 482. The summed E-state index contributed by atoms with van der Waals surface area (Å²) in [6.45, 7) is 2.56. The number of nitrogens with zero attached hydrogens (tertiary/aromatic N) is 1. The minimum absolute atomic E-state index is 0.00488. The number of nitrogens with one attached hydrogen (secondary N) is 1. The van der Waals surface area contributed by atoms with Crippen molar-refractivity contribution < 1.29 is 9.59 Å². The van der Waals surface area contributed by atoms with E-state index in [2.05, 4.69) is 16.8 Å². The molecule has 1 saturated carbocycles. The van der Waals surface area contributed by atoms with E-state index < -0.39 is 0 Å². The molecule has 0 spiro atoms. The summed E-state index contributed by atoms with van der Waals surface area (Å²) in [4.78, 5) is 26.2. The summed E-state index contributed by atoms with van der Waals surface area (Å²) in [5.74, 6) is 0.448. The summed E-state index contributed by atoms with van der Waals surface area (Å²) in [7, 11) is 0. The van der Waals surface area contributed by atoms with Crippen molar-refractivity contribution in [1.82, 2.24) is 10.2 Å². The lowest BCUT2D eigenvalue weighted by Gasteiger charge is -2.29. The van der Waals surface area contributed by atoms with Gasteiger partial charge in [0.15, 0.2) is 0 Å². The smallest absolute Gasteiger partial charge is 0.245 e. The zero-order chi connectivity index (χ0) is 13.4. The summed E-state index contributed by atoms with van der Waals surface area (Å²) in [5, 5.41) is 6.99. The normalized spacial score (nSPS) is 25.9. The van der Waals surface area contributed by atoms with Crippen molar-refractivity contribution >= 4 is 23.2 Å². The lowest BCUT2D eigenvalue weighted by molar-refractivity contribution is -0.136. The third-order valence-electron chi connectivity index (χ3n) is 4.03. The molecule has 1 aromatic heterocycles. The second-order valence-corrected chi connectivity index (χ2v) is 6.18. The fraction of sp³-hybridized carbons (Fsp3) is 0.571. The fourth-order valence-electron chi connectivity index (χ4n) is 2.64. The molecule has 4 nitrogen and oxygen atoms in total. The van der Waals surface area contributed by atoms with Gasteiger partial charge in [0, 0.05) is 13.0 Å². The first-order valence-corrected chi connectivity index (χ1v) is 7.73. The number of carbonyl (C=O) groups is 2. The molecule has 2 unspecified atom stereocenters. The van der Waals surface area contributed by atoms with E-state index in [9.17, 15) is 9.59 Å². The minimum Gasteiger partial charge on any atom is -0.344 e. The van der Waals surface area contributed by atoms with Gasteiger partial charge in [-0.15, -0.1) is 0 Å². The Morgan fingerprint density at radius 2 is 2.21 bits per heavy atom. The maximum Gasteiger partial charge on any atom is 0.245 e. The topological polar surface area (TPSA) is 49.4 Å². The molecule has 19 heavy (non-hydrogen) atoms. The maximum atomic E-state index is 12.6. The molecule has 1 aromatic rings. The van der Waals surface area contributed by atoms with Crippen LogP contribution in [-0.2, 0) is 9.59 Å². The highest BCUT2D eigenvalue weighted by molar-refractivity contribution is 7.07. The highest BCUT2D eigenvalue weighted by Crippen LogP contribution is 2.35. The van der Waals surface area contributed by atoms with Gasteiger partial charge in [0.1, 0.15) is 6.04 Å². The van der Waals surface area contributed by atoms with Crippen LogP contribution < -0.4 is 5.32 Å². The minimum atomic E-state index is -0.295. The molecule has 2 heterocycles. The molecule has 0 aromatic carbocycles. The quantitative estimate of drug-likeness (QED) is 0.918. The van der Waals surface area contributed by atoms with Gasteiger partial charge in [-0.05, 0) is 48.1 Å². The average molecular weight is 278 g/mol. The van der Waals surface area contributed by atoms with Gasteiger partial charge in [-0.25, -0.2) is 0 Å². The van der Waals surface area contributed by atoms with Crippen molar-refractivity contribution in [3.8, 4) is 0 Å². The van der Waals surface area contributed by atoms with Crippen LogP contribution in [-0.4, -0.2) is 29.3 Å². The Balaban J connectivity index is 1.82. The molecule has 102 valence electrons. The molecule has 2 fully saturated rings. The molecule has 3 rings (SSSR count). The summed E-state index contributed by atoms with van der Waals surface area (Å²) in [6, 6.07) is 1.80. The van der Waals surface area contributed by atoms with E-state index in [1.165, 1.54) is 0 Å². The zero-order valence-corrected chi connectivity index (χ0v) is 11.8. The monoisotopic (exact) mass is 278 g/mol. The van der Waals surface area contributed by atoms with Crippen LogP contribution in [0.2, 0.25) is 0 Å². The van der Waals surface area contributed by atoms with E-state index in [1.807, 2.05) is 17.2 Å². The van der Waals surface area contributed by atoms with E-state index in [0.717, 1.165) is 18.4 Å². The predicted octanol–water partition coefficient (Wildman–Crippen LogP) is 1.94. The number of amides is 2. The Morgan fingerprint density at radius 3 is 2.84 bits per heavy atom. The maximum absolute atomic E-state index is 12.6. The van der Waals surface area contributed by atoms with E-state index in [0.29, 0.717) is 18.9 Å². The molecule has 2 aliphatic rings. The van der Waals surface area contributed by atoms with Gasteiger partial charge in [-0.1, -0.05) is 0 Å². The van der Waals surface area contributed by atoms with Crippen LogP contribution in [0.1, 0.15) is 37.8 Å². The molecular weight excluding hydrogens is 260 g/mol. The standard InChI is InChI=1S/C14H18N2O2S/c1-9(11-5-7-19-8-11)16-6-4-12(17)15-13(14(16)18)10-2-3-10/h5,7-10,13H,2-4,6H2,1H3,(H,15,17). The second kappa shape index (κ2) is 4.96. The van der Waals surface area contributed by atoms with E-state index in [4.69, 9.17) is 0 Å². The Hall–Kier alpha value is -1.36. The van der Waals surface area contributed by atoms with Crippen LogP contribution in [0.25, 0.3) is 0 Å². The van der Waals surface area contributed by atoms with Gasteiger partial charge in [0.05, 0.1) is 6.04 Å². The summed E-state index contributed by atoms with van der Waals surface area (Å²) in [6.07, 6.45) is 2.51. The van der Waals surface area contributed by atoms with Gasteiger partial charge < -0.3 is 10.2 Å². The van der Waals surface area contributed by atoms with Gasteiger partial charge in [0.2, 0.25) is 11.8 Å². The van der Waals surface area contributed by atoms with Gasteiger partial charge in [0.25, 0.3) is 0 Å². The molecule has 0 radical (unpaired) electrons. The van der Waals surface area contributed by atoms with E-state index in [-0.39, 0.29) is 23.9 Å². The van der Waals surface area contributed by atoms with Crippen LogP contribution in [0, 0.1) is 5.92 Å². The molecule has 5 heteroatoms. The molecule has 0 bridgehead atoms. The third-order valence-corrected chi connectivity index (χ3v) is 4.73. The Morgan fingerprint density at radius 1 is 1.42 bits per heavy atom. The highest BCUT2D eigenvalue weighted by Gasteiger charge is 2.42. The SMILES string of the molecule is CC(c1ccsc1)N1CCC(=O)NC(C2CC2)C1=O. The fourth-order valence-corrected chi connectivity index (χ4v) is 3.39. The molecule has 2 atom stereocenters. The Kier molecular flexibility index (Phi) is 3.31. The molecule has 2 amide bonds. The van der Waals surface area contributed by atoms with Crippen molar-refractivity contribution in [2.75, 3.05) is 6.54 Å². The van der Waals surface area contributed by atoms with Crippen LogP contribution >= 0.6 is 11.3 Å². The molecule has 1 aliphatic carbocycles. The van der Waals surface area contributed by atoms with E-state index >= 15 is 0 Å². The lowest BCUT2D eigenvalue weighted by atomic mass is 10.1. The first-order valence-electron chi connectivity index (χ1n) is 6.79.